The maximum atomic E-state index is 13.2. The van der Waals surface area contributed by atoms with E-state index in [4.69, 9.17) is 23.2 Å². The molecule has 4 nitrogen and oxygen atoms in total. The molecule has 1 amide bonds. The molecule has 0 unspecified atom stereocenters. The molecule has 0 spiro atoms. The molecule has 3 aromatic rings. The summed E-state index contributed by atoms with van der Waals surface area (Å²) >= 11 is 11.9. The number of benzene rings is 2. The molecular weight excluding hydrogens is 366 g/mol. The smallest absolute Gasteiger partial charge is 0.292 e. The van der Waals surface area contributed by atoms with Crippen molar-refractivity contribution in [1.82, 2.24) is 10.3 Å². The minimum Gasteiger partial charge on any atom is -0.360 e. The van der Waals surface area contributed by atoms with Gasteiger partial charge in [-0.1, -0.05) is 29.3 Å². The number of hydrogen-bond acceptors (Lipinski definition) is 2. The number of H-pyrrole nitrogens is 1. The Kier molecular flexibility index (Phi) is 5.06. The van der Waals surface area contributed by atoms with Crippen LogP contribution in [0.3, 0.4) is 0 Å². The standard InChI is InChI=1S/C18H13Cl2FN2O2/c19-11-2-1-10(15(20)7-11)5-6-22-18(25)17(24)14-9-23-16-8-12(21)3-4-13(14)16/h1-4,7-9,23H,5-6H2,(H,22,25). The normalized spacial score (nSPS) is 10.8. The second-order valence-corrected chi connectivity index (χ2v) is 6.31. The Morgan fingerprint density at radius 1 is 1.12 bits per heavy atom. The fourth-order valence-corrected chi connectivity index (χ4v) is 3.03. The summed E-state index contributed by atoms with van der Waals surface area (Å²) in [6, 6.07) is 9.08. The molecule has 0 aliphatic carbocycles. The number of nitrogens with one attached hydrogen (secondary N) is 2. The van der Waals surface area contributed by atoms with Crippen LogP contribution in [-0.4, -0.2) is 23.2 Å². The van der Waals surface area contributed by atoms with E-state index in [0.29, 0.717) is 27.4 Å². The molecule has 2 N–H and O–H groups in total. The van der Waals surface area contributed by atoms with Gasteiger partial charge in [0.15, 0.2) is 0 Å². The number of aromatic nitrogens is 1. The maximum absolute atomic E-state index is 13.2. The summed E-state index contributed by atoms with van der Waals surface area (Å²) in [5.41, 5.74) is 1.49. The summed E-state index contributed by atoms with van der Waals surface area (Å²) in [5.74, 6) is -1.83. The Hall–Kier alpha value is -2.37. The highest BCUT2D eigenvalue weighted by molar-refractivity contribution is 6.45. The summed E-state index contributed by atoms with van der Waals surface area (Å²) in [5, 5.41) is 4.11. The van der Waals surface area contributed by atoms with Crippen LogP contribution in [0.25, 0.3) is 10.9 Å². The molecule has 0 saturated heterocycles. The van der Waals surface area contributed by atoms with Gasteiger partial charge in [0.2, 0.25) is 0 Å². The molecule has 0 fully saturated rings. The zero-order valence-corrected chi connectivity index (χ0v) is 14.4. The number of aromatic amines is 1. The predicted octanol–water partition coefficient (Wildman–Crippen LogP) is 4.16. The predicted molar refractivity (Wildman–Crippen MR) is 95.8 cm³/mol. The minimum atomic E-state index is -0.727. The van der Waals surface area contributed by atoms with Gasteiger partial charge < -0.3 is 10.3 Å². The molecule has 128 valence electrons. The lowest BCUT2D eigenvalue weighted by molar-refractivity contribution is -0.116. The second-order valence-electron chi connectivity index (χ2n) is 5.46. The number of fused-ring (bicyclic) bond motifs is 1. The van der Waals surface area contributed by atoms with Crippen molar-refractivity contribution in [3.05, 3.63) is 69.6 Å². The number of hydrogen-bond donors (Lipinski definition) is 2. The molecular formula is C18H13Cl2FN2O2. The van der Waals surface area contributed by atoms with Crippen LogP contribution in [0.5, 0.6) is 0 Å². The lowest BCUT2D eigenvalue weighted by Gasteiger charge is -2.06. The lowest BCUT2D eigenvalue weighted by atomic mass is 10.1. The van der Waals surface area contributed by atoms with Crippen LogP contribution < -0.4 is 5.32 Å². The quantitative estimate of drug-likeness (QED) is 0.517. The molecule has 0 bridgehead atoms. The fraction of sp³-hybridized carbons (Fsp3) is 0.111. The van der Waals surface area contributed by atoms with Gasteiger partial charge in [0.1, 0.15) is 5.82 Å². The van der Waals surface area contributed by atoms with E-state index < -0.39 is 17.5 Å². The van der Waals surface area contributed by atoms with Gasteiger partial charge in [0, 0.05) is 33.7 Å². The summed E-state index contributed by atoms with van der Waals surface area (Å²) in [6.07, 6.45) is 1.87. The third-order valence-corrected chi connectivity index (χ3v) is 4.38. The first kappa shape index (κ1) is 17.5. The molecule has 0 atom stereocenters. The van der Waals surface area contributed by atoms with Crippen LogP contribution in [-0.2, 0) is 11.2 Å². The van der Waals surface area contributed by atoms with Gasteiger partial charge >= 0.3 is 0 Å². The topological polar surface area (TPSA) is 62.0 Å². The Balaban J connectivity index is 1.65. The number of carbonyl (C=O) groups is 2. The number of halogens is 3. The van der Waals surface area contributed by atoms with Crippen molar-refractivity contribution in [3.8, 4) is 0 Å². The van der Waals surface area contributed by atoms with E-state index in [1.165, 1.54) is 24.4 Å². The molecule has 25 heavy (non-hydrogen) atoms. The third-order valence-electron chi connectivity index (χ3n) is 3.79. The van der Waals surface area contributed by atoms with Gasteiger partial charge in [-0.15, -0.1) is 0 Å². The van der Waals surface area contributed by atoms with E-state index in [0.717, 1.165) is 5.56 Å². The van der Waals surface area contributed by atoms with Crippen LogP contribution in [0.1, 0.15) is 15.9 Å². The monoisotopic (exact) mass is 378 g/mol. The van der Waals surface area contributed by atoms with E-state index in [1.807, 2.05) is 0 Å². The first-order chi connectivity index (χ1) is 12.0. The minimum absolute atomic E-state index is 0.206. The van der Waals surface area contributed by atoms with Crippen LogP contribution in [0.2, 0.25) is 10.0 Å². The second kappa shape index (κ2) is 7.25. The molecule has 0 aliphatic rings. The summed E-state index contributed by atoms with van der Waals surface area (Å²) in [6.45, 7) is 0.253. The Bertz CT molecular complexity index is 969. The Labute approximate surface area is 152 Å². The molecule has 1 aromatic heterocycles. The number of amides is 1. The van der Waals surface area contributed by atoms with Crippen LogP contribution >= 0.6 is 23.2 Å². The SMILES string of the molecule is O=C(NCCc1ccc(Cl)cc1Cl)C(=O)c1c[nH]c2cc(F)ccc12. The van der Waals surface area contributed by atoms with Crippen molar-refractivity contribution in [3.63, 3.8) is 0 Å². The maximum Gasteiger partial charge on any atom is 0.292 e. The number of carbonyl (C=O) groups excluding carboxylic acids is 2. The van der Waals surface area contributed by atoms with Crippen molar-refractivity contribution in [2.45, 2.75) is 6.42 Å². The lowest BCUT2D eigenvalue weighted by Crippen LogP contribution is -2.32. The first-order valence-electron chi connectivity index (χ1n) is 7.49. The summed E-state index contributed by atoms with van der Waals surface area (Å²) in [7, 11) is 0. The van der Waals surface area contributed by atoms with Crippen LogP contribution in [0.15, 0.2) is 42.6 Å². The van der Waals surface area contributed by atoms with Crippen molar-refractivity contribution in [2.24, 2.45) is 0 Å². The number of ketones is 1. The van der Waals surface area contributed by atoms with Gasteiger partial charge in [0.25, 0.3) is 11.7 Å². The zero-order chi connectivity index (χ0) is 18.0. The molecule has 0 aliphatic heterocycles. The number of Topliss-reactive ketones (excluding diaryl/α,β-unsaturated/α-hetero) is 1. The molecule has 2 aromatic carbocycles. The molecule has 0 radical (unpaired) electrons. The van der Waals surface area contributed by atoms with Crippen molar-refractivity contribution in [1.29, 1.82) is 0 Å². The van der Waals surface area contributed by atoms with E-state index in [9.17, 15) is 14.0 Å². The van der Waals surface area contributed by atoms with Gasteiger partial charge in [-0.3, -0.25) is 9.59 Å². The van der Waals surface area contributed by atoms with Gasteiger partial charge in [0.05, 0.1) is 5.56 Å². The van der Waals surface area contributed by atoms with Crippen molar-refractivity contribution >= 4 is 45.8 Å². The average molecular weight is 379 g/mol. The largest absolute Gasteiger partial charge is 0.360 e. The summed E-state index contributed by atoms with van der Waals surface area (Å²) in [4.78, 5) is 27.2. The molecule has 7 heteroatoms. The van der Waals surface area contributed by atoms with Gasteiger partial charge in [-0.2, -0.15) is 0 Å². The summed E-state index contributed by atoms with van der Waals surface area (Å²) < 4.78 is 13.2. The Morgan fingerprint density at radius 2 is 1.92 bits per heavy atom. The number of rotatable bonds is 5. The molecule has 3 rings (SSSR count). The van der Waals surface area contributed by atoms with Crippen molar-refractivity contribution in [2.75, 3.05) is 6.54 Å². The van der Waals surface area contributed by atoms with E-state index in [1.54, 1.807) is 18.2 Å². The first-order valence-corrected chi connectivity index (χ1v) is 8.24. The van der Waals surface area contributed by atoms with E-state index in [2.05, 4.69) is 10.3 Å². The highest BCUT2D eigenvalue weighted by Crippen LogP contribution is 2.21. The highest BCUT2D eigenvalue weighted by Gasteiger charge is 2.19. The van der Waals surface area contributed by atoms with Crippen molar-refractivity contribution < 1.29 is 14.0 Å². The van der Waals surface area contributed by atoms with Gasteiger partial charge in [-0.05, 0) is 42.3 Å². The molecule has 0 saturated carbocycles. The van der Waals surface area contributed by atoms with Crippen LogP contribution in [0.4, 0.5) is 4.39 Å². The Morgan fingerprint density at radius 3 is 2.68 bits per heavy atom. The van der Waals surface area contributed by atoms with Crippen LogP contribution in [0, 0.1) is 5.82 Å². The third kappa shape index (κ3) is 3.83. The van der Waals surface area contributed by atoms with E-state index in [-0.39, 0.29) is 12.1 Å². The highest BCUT2D eigenvalue weighted by atomic mass is 35.5. The van der Waals surface area contributed by atoms with Gasteiger partial charge in [-0.25, -0.2) is 4.39 Å². The average Bonchev–Trinajstić information content (AvgIpc) is 2.98. The fourth-order valence-electron chi connectivity index (χ4n) is 2.52. The molecule has 1 heterocycles. The zero-order valence-electron chi connectivity index (χ0n) is 12.9. The van der Waals surface area contributed by atoms with E-state index >= 15 is 0 Å².